The van der Waals surface area contributed by atoms with Crippen molar-refractivity contribution in [1.29, 1.82) is 0 Å². The zero-order valence-electron chi connectivity index (χ0n) is 12.9. The van der Waals surface area contributed by atoms with Gasteiger partial charge in [0.15, 0.2) is 0 Å². The van der Waals surface area contributed by atoms with E-state index in [1.807, 2.05) is 23.1 Å². The van der Waals surface area contributed by atoms with Crippen molar-refractivity contribution in [1.82, 2.24) is 19.6 Å². The number of ether oxygens (including phenoxy) is 1. The van der Waals surface area contributed by atoms with Crippen LogP contribution in [0.4, 0.5) is 0 Å². The summed E-state index contributed by atoms with van der Waals surface area (Å²) in [6.45, 7) is 9.47. The maximum absolute atomic E-state index is 10.3. The van der Waals surface area contributed by atoms with Crippen LogP contribution in [0.2, 0.25) is 0 Å². The zero-order valence-corrected chi connectivity index (χ0v) is 12.9. The van der Waals surface area contributed by atoms with Crippen LogP contribution in [-0.2, 0) is 4.74 Å². The van der Waals surface area contributed by atoms with Gasteiger partial charge in [0.25, 0.3) is 0 Å². The largest absolute Gasteiger partial charge is 0.390 e. The van der Waals surface area contributed by atoms with Crippen molar-refractivity contribution in [3.63, 3.8) is 0 Å². The lowest BCUT2D eigenvalue weighted by atomic mass is 10.1. The molecule has 2 aliphatic heterocycles. The molecule has 1 aromatic rings. The molecule has 2 saturated heterocycles. The maximum Gasteiger partial charge on any atom is 0.0793 e. The topological polar surface area (TPSA) is 53.8 Å². The van der Waals surface area contributed by atoms with E-state index in [9.17, 15) is 5.11 Å². The summed E-state index contributed by atoms with van der Waals surface area (Å²) in [4.78, 5) is 4.61. The summed E-state index contributed by atoms with van der Waals surface area (Å²) in [5, 5.41) is 14.5. The summed E-state index contributed by atoms with van der Waals surface area (Å²) in [5.41, 5.74) is 0. The fourth-order valence-corrected chi connectivity index (χ4v) is 3.44. The van der Waals surface area contributed by atoms with Gasteiger partial charge in [-0.1, -0.05) is 0 Å². The highest BCUT2D eigenvalue weighted by Crippen LogP contribution is 2.20. The number of nitrogens with zero attached hydrogens (tertiary/aromatic N) is 4. The Labute approximate surface area is 126 Å². The third-order valence-corrected chi connectivity index (χ3v) is 4.27. The molecule has 3 heterocycles. The molecule has 2 aliphatic rings. The zero-order chi connectivity index (χ0) is 14.8. The van der Waals surface area contributed by atoms with Gasteiger partial charge in [-0.25, -0.2) is 0 Å². The Balaban J connectivity index is 1.38. The molecule has 0 amide bonds. The van der Waals surface area contributed by atoms with E-state index in [1.54, 1.807) is 0 Å². The van der Waals surface area contributed by atoms with Crippen LogP contribution >= 0.6 is 0 Å². The average molecular weight is 294 g/mol. The number of likely N-dealkylation sites (tertiary alicyclic amines) is 1. The Kier molecular flexibility index (Phi) is 4.59. The molecule has 0 unspecified atom stereocenters. The molecule has 0 saturated carbocycles. The predicted molar refractivity (Wildman–Crippen MR) is 80.2 cm³/mol. The highest BCUT2D eigenvalue weighted by molar-refractivity contribution is 4.90. The molecular formula is C15H26N4O2. The lowest BCUT2D eigenvalue weighted by molar-refractivity contribution is -0.0798. The molecule has 0 radical (unpaired) electrons. The molecule has 2 fully saturated rings. The van der Waals surface area contributed by atoms with Gasteiger partial charge in [0.2, 0.25) is 0 Å². The minimum atomic E-state index is -0.291. The van der Waals surface area contributed by atoms with E-state index in [2.05, 4.69) is 28.7 Å². The third kappa shape index (κ3) is 3.83. The van der Waals surface area contributed by atoms with Crippen LogP contribution < -0.4 is 0 Å². The van der Waals surface area contributed by atoms with Crippen molar-refractivity contribution >= 4 is 0 Å². The number of aromatic nitrogens is 2. The van der Waals surface area contributed by atoms with Crippen molar-refractivity contribution in [2.24, 2.45) is 0 Å². The van der Waals surface area contributed by atoms with E-state index < -0.39 is 0 Å². The van der Waals surface area contributed by atoms with E-state index in [1.165, 1.54) is 0 Å². The Morgan fingerprint density at radius 2 is 1.76 bits per heavy atom. The second kappa shape index (κ2) is 6.44. The Bertz CT molecular complexity index is 423. The molecule has 3 atom stereocenters. The van der Waals surface area contributed by atoms with E-state index in [-0.39, 0.29) is 18.3 Å². The number of morpholine rings is 1. The van der Waals surface area contributed by atoms with Crippen molar-refractivity contribution in [2.45, 2.75) is 38.2 Å². The summed E-state index contributed by atoms with van der Waals surface area (Å²) in [6.07, 6.45) is 4.05. The summed E-state index contributed by atoms with van der Waals surface area (Å²) in [7, 11) is 0. The average Bonchev–Trinajstić information content (AvgIpc) is 2.85. The van der Waals surface area contributed by atoms with Crippen LogP contribution in [0, 0.1) is 0 Å². The molecule has 6 heteroatoms. The molecule has 1 aromatic heterocycles. The molecule has 0 aliphatic carbocycles. The van der Waals surface area contributed by atoms with E-state index in [0.29, 0.717) is 6.04 Å². The van der Waals surface area contributed by atoms with Crippen LogP contribution in [-0.4, -0.2) is 82.3 Å². The monoisotopic (exact) mass is 294 g/mol. The number of aliphatic hydroxyl groups excluding tert-OH is 1. The standard InChI is InChI=1S/C15H26N4O2/c1-12-6-17(7-13(2)21-12)10-15(20)11-18-8-14(9-18)19-5-3-4-16-19/h3-5,12-15,20H,6-11H2,1-2H3/t12-,13+,15-/m1/s1. The van der Waals surface area contributed by atoms with E-state index in [0.717, 1.165) is 39.3 Å². The highest BCUT2D eigenvalue weighted by atomic mass is 16.5. The fraction of sp³-hybridized carbons (Fsp3) is 0.800. The number of hydrogen-bond acceptors (Lipinski definition) is 5. The molecule has 0 aromatic carbocycles. The maximum atomic E-state index is 10.3. The second-order valence-corrected chi connectivity index (χ2v) is 6.49. The molecule has 3 rings (SSSR count). The van der Waals surface area contributed by atoms with Crippen LogP contribution in [0.5, 0.6) is 0 Å². The number of rotatable bonds is 5. The van der Waals surface area contributed by atoms with E-state index in [4.69, 9.17) is 4.74 Å². The summed E-state index contributed by atoms with van der Waals surface area (Å²) >= 11 is 0. The van der Waals surface area contributed by atoms with Gasteiger partial charge in [0.05, 0.1) is 24.4 Å². The van der Waals surface area contributed by atoms with Gasteiger partial charge in [-0.05, 0) is 19.9 Å². The number of aliphatic hydroxyl groups is 1. The first kappa shape index (κ1) is 15.0. The Hall–Kier alpha value is -0.950. The third-order valence-electron chi connectivity index (χ3n) is 4.27. The first-order valence-corrected chi connectivity index (χ1v) is 7.87. The lowest BCUT2D eigenvalue weighted by Gasteiger charge is -2.41. The highest BCUT2D eigenvalue weighted by Gasteiger charge is 2.31. The molecule has 1 N–H and O–H groups in total. The SMILES string of the molecule is C[C@@H]1CN(C[C@@H](O)CN2CC(n3cccn3)C2)C[C@H](C)O1. The number of hydrogen-bond donors (Lipinski definition) is 1. The van der Waals surface area contributed by atoms with Gasteiger partial charge >= 0.3 is 0 Å². The summed E-state index contributed by atoms with van der Waals surface area (Å²) in [6, 6.07) is 2.42. The van der Waals surface area contributed by atoms with E-state index >= 15 is 0 Å². The first-order chi connectivity index (χ1) is 10.1. The van der Waals surface area contributed by atoms with Crippen LogP contribution in [0.3, 0.4) is 0 Å². The normalized spacial score (nSPS) is 30.2. The van der Waals surface area contributed by atoms with Crippen LogP contribution in [0.25, 0.3) is 0 Å². The lowest BCUT2D eigenvalue weighted by Crippen LogP contribution is -2.54. The Morgan fingerprint density at radius 1 is 1.14 bits per heavy atom. The van der Waals surface area contributed by atoms with Crippen molar-refractivity contribution in [3.8, 4) is 0 Å². The van der Waals surface area contributed by atoms with Gasteiger partial charge in [0.1, 0.15) is 0 Å². The van der Waals surface area contributed by atoms with Crippen molar-refractivity contribution < 1.29 is 9.84 Å². The van der Waals surface area contributed by atoms with Crippen LogP contribution in [0.1, 0.15) is 19.9 Å². The number of β-amino-alcohol motifs (C(OH)–C–C–N with tert-alkyl or cyclic N) is 1. The van der Waals surface area contributed by atoms with Gasteiger partial charge in [-0.2, -0.15) is 5.10 Å². The van der Waals surface area contributed by atoms with Gasteiger partial charge < -0.3 is 9.84 Å². The fourth-order valence-electron chi connectivity index (χ4n) is 3.44. The van der Waals surface area contributed by atoms with Gasteiger partial charge in [-0.3, -0.25) is 14.5 Å². The molecule has 118 valence electrons. The first-order valence-electron chi connectivity index (χ1n) is 7.87. The quantitative estimate of drug-likeness (QED) is 0.841. The minimum absolute atomic E-state index is 0.258. The minimum Gasteiger partial charge on any atom is -0.390 e. The van der Waals surface area contributed by atoms with Crippen molar-refractivity contribution in [3.05, 3.63) is 18.5 Å². The van der Waals surface area contributed by atoms with Gasteiger partial charge in [0, 0.05) is 51.7 Å². The molecule has 0 bridgehead atoms. The van der Waals surface area contributed by atoms with Crippen LogP contribution in [0.15, 0.2) is 18.5 Å². The van der Waals surface area contributed by atoms with Gasteiger partial charge in [-0.15, -0.1) is 0 Å². The molecule has 0 spiro atoms. The van der Waals surface area contributed by atoms with Crippen molar-refractivity contribution in [2.75, 3.05) is 39.3 Å². The molecule has 6 nitrogen and oxygen atoms in total. The Morgan fingerprint density at radius 3 is 2.33 bits per heavy atom. The smallest absolute Gasteiger partial charge is 0.0793 e. The molecular weight excluding hydrogens is 268 g/mol. The second-order valence-electron chi connectivity index (χ2n) is 6.49. The summed E-state index contributed by atoms with van der Waals surface area (Å²) in [5.74, 6) is 0. The predicted octanol–water partition coefficient (Wildman–Crippen LogP) is 0.210. The summed E-state index contributed by atoms with van der Waals surface area (Å²) < 4.78 is 7.73. The molecule has 21 heavy (non-hydrogen) atoms.